The van der Waals surface area contributed by atoms with Gasteiger partial charge in [0.25, 0.3) is 5.56 Å². The predicted molar refractivity (Wildman–Crippen MR) is 98.8 cm³/mol. The van der Waals surface area contributed by atoms with Crippen LogP contribution in [0.4, 0.5) is 0 Å². The highest BCUT2D eigenvalue weighted by Gasteiger charge is 2.13. The molecule has 0 saturated heterocycles. The molecule has 0 fully saturated rings. The van der Waals surface area contributed by atoms with Crippen molar-refractivity contribution in [3.05, 3.63) is 75.3 Å². The number of hydrogen-bond donors (Lipinski definition) is 2. The lowest BCUT2D eigenvalue weighted by molar-refractivity contribution is 0.558. The number of nitrogens with one attached hydrogen (secondary N) is 2. The summed E-state index contributed by atoms with van der Waals surface area (Å²) in [5.74, 6) is 0.574. The fraction of sp³-hybridized carbons (Fsp3) is 0.158. The Labute approximate surface area is 148 Å². The Hall–Kier alpha value is -2.63. The van der Waals surface area contributed by atoms with Crippen molar-refractivity contribution in [3.63, 3.8) is 0 Å². The van der Waals surface area contributed by atoms with Gasteiger partial charge in [0.15, 0.2) is 0 Å². The number of rotatable bonds is 4. The molecule has 2 aromatic carbocycles. The topological polar surface area (TPSA) is 70.9 Å². The Morgan fingerprint density at radius 2 is 1.96 bits per heavy atom. The van der Waals surface area contributed by atoms with Crippen LogP contribution >= 0.6 is 11.6 Å². The SMILES string of the molecule is C[C@H](NCc1nc2c(oc3ccccc32)c(=O)[nH]1)c1ccc(Cl)cc1. The van der Waals surface area contributed by atoms with E-state index in [2.05, 4.69) is 15.3 Å². The number of hydrogen-bond acceptors (Lipinski definition) is 4. The summed E-state index contributed by atoms with van der Waals surface area (Å²) >= 11 is 5.92. The van der Waals surface area contributed by atoms with Crippen LogP contribution in [0.1, 0.15) is 24.4 Å². The third-order valence-corrected chi connectivity index (χ3v) is 4.48. The van der Waals surface area contributed by atoms with Crippen LogP contribution in [0, 0.1) is 0 Å². The summed E-state index contributed by atoms with van der Waals surface area (Å²) in [5.41, 5.74) is 2.36. The first-order valence-corrected chi connectivity index (χ1v) is 8.39. The molecule has 0 bridgehead atoms. The van der Waals surface area contributed by atoms with Crippen LogP contribution in [-0.4, -0.2) is 9.97 Å². The minimum atomic E-state index is -0.267. The molecule has 0 unspecified atom stereocenters. The van der Waals surface area contributed by atoms with Gasteiger partial charge in [0.1, 0.15) is 16.9 Å². The summed E-state index contributed by atoms with van der Waals surface area (Å²) in [6.45, 7) is 2.49. The van der Waals surface area contributed by atoms with Crippen molar-refractivity contribution in [1.29, 1.82) is 0 Å². The molecule has 0 radical (unpaired) electrons. The van der Waals surface area contributed by atoms with Crippen molar-refractivity contribution in [1.82, 2.24) is 15.3 Å². The van der Waals surface area contributed by atoms with E-state index in [1.54, 1.807) is 0 Å². The van der Waals surface area contributed by atoms with E-state index in [-0.39, 0.29) is 17.2 Å². The molecule has 0 spiro atoms. The summed E-state index contributed by atoms with van der Waals surface area (Å²) in [5, 5.41) is 4.91. The molecule has 0 amide bonds. The molecule has 2 heterocycles. The second-order valence-corrected chi connectivity index (χ2v) is 6.38. The lowest BCUT2D eigenvalue weighted by Gasteiger charge is -2.13. The Morgan fingerprint density at radius 1 is 1.20 bits per heavy atom. The summed E-state index contributed by atoms with van der Waals surface area (Å²) in [6.07, 6.45) is 0. The summed E-state index contributed by atoms with van der Waals surface area (Å²) in [6, 6.07) is 15.3. The van der Waals surface area contributed by atoms with E-state index < -0.39 is 0 Å². The van der Waals surface area contributed by atoms with E-state index in [1.807, 2.05) is 55.5 Å². The molecule has 4 aromatic rings. The van der Waals surface area contributed by atoms with Gasteiger partial charge < -0.3 is 14.7 Å². The maximum absolute atomic E-state index is 12.3. The monoisotopic (exact) mass is 353 g/mol. The fourth-order valence-electron chi connectivity index (χ4n) is 2.85. The van der Waals surface area contributed by atoms with Gasteiger partial charge >= 0.3 is 0 Å². The molecule has 5 nitrogen and oxygen atoms in total. The number of benzene rings is 2. The maximum Gasteiger partial charge on any atom is 0.294 e. The van der Waals surface area contributed by atoms with E-state index in [4.69, 9.17) is 16.0 Å². The highest BCUT2D eigenvalue weighted by molar-refractivity contribution is 6.30. The van der Waals surface area contributed by atoms with Gasteiger partial charge in [-0.2, -0.15) is 0 Å². The first kappa shape index (κ1) is 15.9. The van der Waals surface area contributed by atoms with Crippen molar-refractivity contribution < 1.29 is 4.42 Å². The van der Waals surface area contributed by atoms with Crippen LogP contribution in [-0.2, 0) is 6.54 Å². The van der Waals surface area contributed by atoms with Crippen LogP contribution in [0.15, 0.2) is 57.7 Å². The Balaban J connectivity index is 1.62. The maximum atomic E-state index is 12.3. The average molecular weight is 354 g/mol. The molecular weight excluding hydrogens is 338 g/mol. The molecule has 6 heteroatoms. The van der Waals surface area contributed by atoms with Crippen LogP contribution in [0.2, 0.25) is 5.02 Å². The molecule has 0 aliphatic heterocycles. The molecule has 0 aliphatic carbocycles. The molecule has 0 saturated carbocycles. The van der Waals surface area contributed by atoms with E-state index in [9.17, 15) is 4.79 Å². The zero-order valence-corrected chi connectivity index (χ0v) is 14.3. The van der Waals surface area contributed by atoms with Crippen LogP contribution < -0.4 is 10.9 Å². The van der Waals surface area contributed by atoms with Crippen molar-refractivity contribution in [2.75, 3.05) is 0 Å². The number of fused-ring (bicyclic) bond motifs is 3. The van der Waals surface area contributed by atoms with E-state index >= 15 is 0 Å². The standard InChI is InChI=1S/C19H16ClN3O2/c1-11(12-6-8-13(20)9-7-12)21-10-16-22-17-14-4-2-3-5-15(14)25-18(17)19(24)23-16/h2-9,11,21H,10H2,1H3,(H,22,23,24)/t11-/m0/s1. The van der Waals surface area contributed by atoms with Crippen molar-refractivity contribution in [2.24, 2.45) is 0 Å². The minimum absolute atomic E-state index is 0.0966. The van der Waals surface area contributed by atoms with E-state index in [0.29, 0.717) is 28.5 Å². The Morgan fingerprint density at radius 3 is 2.76 bits per heavy atom. The summed E-state index contributed by atoms with van der Waals surface area (Å²) in [7, 11) is 0. The number of furan rings is 1. The highest BCUT2D eigenvalue weighted by Crippen LogP contribution is 2.24. The number of halogens is 1. The van der Waals surface area contributed by atoms with E-state index in [1.165, 1.54) is 0 Å². The van der Waals surface area contributed by atoms with Crippen molar-refractivity contribution in [2.45, 2.75) is 19.5 Å². The third kappa shape index (κ3) is 3.04. The largest absolute Gasteiger partial charge is 0.449 e. The average Bonchev–Trinajstić information content (AvgIpc) is 3.00. The number of H-pyrrole nitrogens is 1. The molecule has 126 valence electrons. The smallest absolute Gasteiger partial charge is 0.294 e. The fourth-order valence-corrected chi connectivity index (χ4v) is 2.98. The quantitative estimate of drug-likeness (QED) is 0.577. The molecule has 25 heavy (non-hydrogen) atoms. The first-order valence-electron chi connectivity index (χ1n) is 8.01. The lowest BCUT2D eigenvalue weighted by atomic mass is 10.1. The van der Waals surface area contributed by atoms with Crippen LogP contribution in [0.5, 0.6) is 0 Å². The number of para-hydroxylation sites is 1. The normalized spacial score (nSPS) is 12.7. The van der Waals surface area contributed by atoms with Gasteiger partial charge in [0.2, 0.25) is 5.58 Å². The summed E-state index contributed by atoms with van der Waals surface area (Å²) in [4.78, 5) is 19.6. The van der Waals surface area contributed by atoms with Crippen molar-refractivity contribution >= 4 is 33.7 Å². The number of nitrogens with zero attached hydrogens (tertiary/aromatic N) is 1. The van der Waals surface area contributed by atoms with Crippen molar-refractivity contribution in [3.8, 4) is 0 Å². The molecule has 0 aliphatic rings. The highest BCUT2D eigenvalue weighted by atomic mass is 35.5. The van der Waals surface area contributed by atoms with Gasteiger partial charge in [-0.15, -0.1) is 0 Å². The Bertz CT molecular complexity index is 1100. The summed E-state index contributed by atoms with van der Waals surface area (Å²) < 4.78 is 5.61. The number of aromatic amines is 1. The molecule has 2 aromatic heterocycles. The van der Waals surface area contributed by atoms with E-state index in [0.717, 1.165) is 10.9 Å². The van der Waals surface area contributed by atoms with Gasteiger partial charge in [-0.25, -0.2) is 4.98 Å². The molecular formula is C19H16ClN3O2. The van der Waals surface area contributed by atoms with Gasteiger partial charge in [0.05, 0.1) is 6.54 Å². The van der Waals surface area contributed by atoms with Crippen LogP contribution in [0.25, 0.3) is 22.1 Å². The second-order valence-electron chi connectivity index (χ2n) is 5.94. The molecule has 4 rings (SSSR count). The van der Waals surface area contributed by atoms with Gasteiger partial charge in [0, 0.05) is 16.5 Å². The van der Waals surface area contributed by atoms with Crippen LogP contribution in [0.3, 0.4) is 0 Å². The predicted octanol–water partition coefficient (Wildman–Crippen LogP) is 4.17. The molecule has 2 N–H and O–H groups in total. The van der Waals surface area contributed by atoms with Gasteiger partial charge in [-0.3, -0.25) is 4.79 Å². The third-order valence-electron chi connectivity index (χ3n) is 4.23. The zero-order chi connectivity index (χ0) is 17.4. The van der Waals surface area contributed by atoms with Gasteiger partial charge in [-0.05, 0) is 36.8 Å². The Kier molecular flexibility index (Phi) is 4.03. The number of aromatic nitrogens is 2. The molecule has 1 atom stereocenters. The minimum Gasteiger partial charge on any atom is -0.449 e. The zero-order valence-electron chi connectivity index (χ0n) is 13.5. The lowest BCUT2D eigenvalue weighted by Crippen LogP contribution is -2.22. The van der Waals surface area contributed by atoms with Gasteiger partial charge in [-0.1, -0.05) is 35.9 Å². The second kappa shape index (κ2) is 6.35. The first-order chi connectivity index (χ1) is 12.1.